The average Bonchev–Trinajstić information content (AvgIpc) is 2.80. The van der Waals surface area contributed by atoms with Crippen molar-refractivity contribution in [3.05, 3.63) is 30.0 Å². The van der Waals surface area contributed by atoms with Crippen LogP contribution in [0.2, 0.25) is 0 Å². The molecule has 0 saturated heterocycles. The standard InChI is InChI=1S/C13H15N3O3/c1-16-7-9(13(14)17)12(15-16)8-4-5-10(18-2)11(6-8)19-3/h4-7H,1-3H3,(H2,14,17). The van der Waals surface area contributed by atoms with Crippen LogP contribution in [-0.2, 0) is 7.05 Å². The zero-order valence-corrected chi connectivity index (χ0v) is 11.0. The first kappa shape index (κ1) is 12.9. The van der Waals surface area contributed by atoms with E-state index in [0.717, 1.165) is 5.56 Å². The molecule has 0 aliphatic rings. The summed E-state index contributed by atoms with van der Waals surface area (Å²) in [6.45, 7) is 0. The third-order valence-corrected chi connectivity index (χ3v) is 2.75. The Bertz CT molecular complexity index is 620. The van der Waals surface area contributed by atoms with Gasteiger partial charge in [0.2, 0.25) is 0 Å². The van der Waals surface area contributed by atoms with Gasteiger partial charge in [-0.1, -0.05) is 0 Å². The van der Waals surface area contributed by atoms with Crippen LogP contribution in [0.4, 0.5) is 0 Å². The molecule has 2 rings (SSSR count). The highest BCUT2D eigenvalue weighted by Gasteiger charge is 2.16. The van der Waals surface area contributed by atoms with Crippen molar-refractivity contribution in [3.8, 4) is 22.8 Å². The summed E-state index contributed by atoms with van der Waals surface area (Å²) >= 11 is 0. The largest absolute Gasteiger partial charge is 0.493 e. The lowest BCUT2D eigenvalue weighted by Gasteiger charge is -2.08. The molecule has 0 fully saturated rings. The van der Waals surface area contributed by atoms with Crippen LogP contribution in [0.3, 0.4) is 0 Å². The molecule has 0 unspecified atom stereocenters. The number of benzene rings is 1. The Labute approximate surface area is 110 Å². The van der Waals surface area contributed by atoms with Gasteiger partial charge in [0.05, 0.1) is 19.8 Å². The summed E-state index contributed by atoms with van der Waals surface area (Å²) in [6.07, 6.45) is 1.59. The Hall–Kier alpha value is -2.50. The Morgan fingerprint density at radius 2 is 1.95 bits per heavy atom. The summed E-state index contributed by atoms with van der Waals surface area (Å²) in [5.41, 5.74) is 6.98. The lowest BCUT2D eigenvalue weighted by molar-refractivity contribution is 0.100. The molecule has 0 saturated carbocycles. The Morgan fingerprint density at radius 1 is 1.26 bits per heavy atom. The summed E-state index contributed by atoms with van der Waals surface area (Å²) in [6, 6.07) is 5.32. The number of hydrogen-bond acceptors (Lipinski definition) is 4. The number of carbonyl (C=O) groups excluding carboxylic acids is 1. The number of hydrogen-bond donors (Lipinski definition) is 1. The maximum absolute atomic E-state index is 11.4. The van der Waals surface area contributed by atoms with Crippen LogP contribution in [-0.4, -0.2) is 29.9 Å². The van der Waals surface area contributed by atoms with E-state index in [1.807, 2.05) is 0 Å². The average molecular weight is 261 g/mol. The lowest BCUT2D eigenvalue weighted by Crippen LogP contribution is -2.11. The summed E-state index contributed by atoms with van der Waals surface area (Å²) < 4.78 is 11.9. The van der Waals surface area contributed by atoms with E-state index in [1.54, 1.807) is 50.3 Å². The number of amides is 1. The molecule has 100 valence electrons. The summed E-state index contributed by atoms with van der Waals surface area (Å²) in [4.78, 5) is 11.4. The zero-order chi connectivity index (χ0) is 14.0. The minimum Gasteiger partial charge on any atom is -0.493 e. The molecular formula is C13H15N3O3. The van der Waals surface area contributed by atoms with Gasteiger partial charge in [-0.25, -0.2) is 0 Å². The third kappa shape index (κ3) is 2.37. The highest BCUT2D eigenvalue weighted by atomic mass is 16.5. The van der Waals surface area contributed by atoms with Crippen LogP contribution in [0, 0.1) is 0 Å². The molecule has 2 aromatic rings. The first-order chi connectivity index (χ1) is 9.06. The minimum atomic E-state index is -0.516. The number of ether oxygens (including phenoxy) is 2. The number of rotatable bonds is 4. The molecule has 0 aliphatic carbocycles. The zero-order valence-electron chi connectivity index (χ0n) is 11.0. The second-order valence-electron chi connectivity index (χ2n) is 4.00. The van der Waals surface area contributed by atoms with Crippen LogP contribution in [0.25, 0.3) is 11.3 Å². The molecule has 0 spiro atoms. The van der Waals surface area contributed by atoms with Gasteiger partial charge in [-0.15, -0.1) is 0 Å². The third-order valence-electron chi connectivity index (χ3n) is 2.75. The van der Waals surface area contributed by atoms with Gasteiger partial charge in [-0.3, -0.25) is 9.48 Å². The lowest BCUT2D eigenvalue weighted by atomic mass is 10.1. The van der Waals surface area contributed by atoms with Crippen molar-refractivity contribution in [2.24, 2.45) is 12.8 Å². The van der Waals surface area contributed by atoms with Gasteiger partial charge in [0, 0.05) is 18.8 Å². The molecule has 0 bridgehead atoms. The van der Waals surface area contributed by atoms with Gasteiger partial charge in [-0.2, -0.15) is 5.10 Å². The smallest absolute Gasteiger partial charge is 0.252 e. The van der Waals surface area contributed by atoms with Crippen LogP contribution in [0.1, 0.15) is 10.4 Å². The number of methoxy groups -OCH3 is 2. The van der Waals surface area contributed by atoms with E-state index >= 15 is 0 Å². The maximum Gasteiger partial charge on any atom is 0.252 e. The summed E-state index contributed by atoms with van der Waals surface area (Å²) in [5.74, 6) is 0.668. The van der Waals surface area contributed by atoms with E-state index in [1.165, 1.54) is 0 Å². The number of carbonyl (C=O) groups is 1. The first-order valence-corrected chi connectivity index (χ1v) is 5.62. The minimum absolute atomic E-state index is 0.370. The van der Waals surface area contributed by atoms with Crippen molar-refractivity contribution in [3.63, 3.8) is 0 Å². The van der Waals surface area contributed by atoms with Gasteiger partial charge in [0.1, 0.15) is 5.69 Å². The quantitative estimate of drug-likeness (QED) is 0.897. The monoisotopic (exact) mass is 261 g/mol. The van der Waals surface area contributed by atoms with Crippen LogP contribution in [0.5, 0.6) is 11.5 Å². The normalized spacial score (nSPS) is 10.3. The molecule has 6 nitrogen and oxygen atoms in total. The van der Waals surface area contributed by atoms with Gasteiger partial charge >= 0.3 is 0 Å². The van der Waals surface area contributed by atoms with Gasteiger partial charge in [-0.05, 0) is 18.2 Å². The summed E-state index contributed by atoms with van der Waals surface area (Å²) in [5, 5.41) is 4.25. The number of aryl methyl sites for hydroxylation is 1. The molecule has 19 heavy (non-hydrogen) atoms. The van der Waals surface area contributed by atoms with Crippen molar-refractivity contribution in [2.75, 3.05) is 14.2 Å². The number of nitrogens with two attached hydrogens (primary N) is 1. The SMILES string of the molecule is COc1ccc(-c2nn(C)cc2C(N)=O)cc1OC. The predicted octanol–water partition coefficient (Wildman–Crippen LogP) is 1.20. The fraction of sp³-hybridized carbons (Fsp3) is 0.231. The molecular weight excluding hydrogens is 246 g/mol. The highest BCUT2D eigenvalue weighted by Crippen LogP contribution is 2.32. The van der Waals surface area contributed by atoms with E-state index in [-0.39, 0.29) is 0 Å². The molecule has 1 aromatic carbocycles. The number of nitrogens with zero attached hydrogens (tertiary/aromatic N) is 2. The second kappa shape index (κ2) is 5.01. The van der Waals surface area contributed by atoms with Gasteiger partial charge in [0.25, 0.3) is 5.91 Å². The molecule has 0 radical (unpaired) electrons. The topological polar surface area (TPSA) is 79.4 Å². The maximum atomic E-state index is 11.4. The Kier molecular flexibility index (Phi) is 3.41. The fourth-order valence-corrected chi connectivity index (χ4v) is 1.87. The van der Waals surface area contributed by atoms with Crippen molar-refractivity contribution in [2.45, 2.75) is 0 Å². The van der Waals surface area contributed by atoms with Crippen LogP contribution < -0.4 is 15.2 Å². The highest BCUT2D eigenvalue weighted by molar-refractivity contribution is 5.98. The second-order valence-corrected chi connectivity index (χ2v) is 4.00. The van der Waals surface area contributed by atoms with Crippen molar-refractivity contribution < 1.29 is 14.3 Å². The number of primary amides is 1. The van der Waals surface area contributed by atoms with Gasteiger partial charge < -0.3 is 15.2 Å². The summed E-state index contributed by atoms with van der Waals surface area (Å²) in [7, 11) is 4.85. The Balaban J connectivity index is 2.56. The van der Waals surface area contributed by atoms with Crippen molar-refractivity contribution in [1.82, 2.24) is 9.78 Å². The molecule has 2 N–H and O–H groups in total. The van der Waals surface area contributed by atoms with E-state index in [0.29, 0.717) is 22.8 Å². The Morgan fingerprint density at radius 3 is 2.53 bits per heavy atom. The molecule has 1 amide bonds. The van der Waals surface area contributed by atoms with Crippen LogP contribution >= 0.6 is 0 Å². The fourth-order valence-electron chi connectivity index (χ4n) is 1.87. The van der Waals surface area contributed by atoms with Crippen molar-refractivity contribution in [1.29, 1.82) is 0 Å². The van der Waals surface area contributed by atoms with Crippen LogP contribution in [0.15, 0.2) is 24.4 Å². The van der Waals surface area contributed by atoms with Crippen molar-refractivity contribution >= 4 is 5.91 Å². The molecule has 1 aromatic heterocycles. The van der Waals surface area contributed by atoms with Gasteiger partial charge in [0.15, 0.2) is 11.5 Å². The van der Waals surface area contributed by atoms with E-state index in [9.17, 15) is 4.79 Å². The first-order valence-electron chi connectivity index (χ1n) is 5.62. The molecule has 1 heterocycles. The molecule has 0 atom stereocenters. The number of aromatic nitrogens is 2. The van der Waals surface area contributed by atoms with E-state index in [2.05, 4.69) is 5.10 Å². The predicted molar refractivity (Wildman–Crippen MR) is 70.3 cm³/mol. The van der Waals surface area contributed by atoms with E-state index in [4.69, 9.17) is 15.2 Å². The van der Waals surface area contributed by atoms with E-state index < -0.39 is 5.91 Å². The molecule has 6 heteroatoms. The molecule has 0 aliphatic heterocycles.